The number of benzene rings is 4. The summed E-state index contributed by atoms with van der Waals surface area (Å²) in [7, 11) is 0.311. The lowest BCUT2D eigenvalue weighted by Gasteiger charge is -2.25. The summed E-state index contributed by atoms with van der Waals surface area (Å²) in [6.45, 7) is 15.4. The molecule has 4 aromatic carbocycles. The molecule has 3 nitrogen and oxygen atoms in total. The molecular weight excluding hydrogens is 486 g/mol. The smallest absolute Gasteiger partial charge is 0.119 e. The lowest BCUT2D eigenvalue weighted by atomic mass is 9.89. The number of anilines is 1. The van der Waals surface area contributed by atoms with Crippen LogP contribution in [0, 0.1) is 0 Å². The molecular formula is C34H41NO2S. The van der Waals surface area contributed by atoms with E-state index in [4.69, 9.17) is 4.74 Å². The molecule has 0 radical (unpaired) electrons. The summed E-state index contributed by atoms with van der Waals surface area (Å²) in [5.41, 5.74) is 5.73. The minimum absolute atomic E-state index is 0.0492. The Kier molecular flexibility index (Phi) is 8.62. The van der Waals surface area contributed by atoms with Gasteiger partial charge in [0.05, 0.1) is 27.7 Å². The van der Waals surface area contributed by atoms with E-state index in [0.29, 0.717) is 5.92 Å². The molecule has 0 aromatic heterocycles. The Bertz CT molecular complexity index is 1410. The summed E-state index contributed by atoms with van der Waals surface area (Å²) in [4.78, 5) is 1.88. The molecule has 0 aliphatic carbocycles. The fourth-order valence-electron chi connectivity index (χ4n) is 5.03. The average molecular weight is 528 g/mol. The fraction of sp³-hybridized carbons (Fsp3) is 0.353. The Morgan fingerprint density at radius 2 is 1.29 bits per heavy atom. The molecule has 0 bridgehead atoms. The largest absolute Gasteiger partial charge is 0.497 e. The summed E-state index contributed by atoms with van der Waals surface area (Å²) in [6.07, 6.45) is 0. The van der Waals surface area contributed by atoms with Crippen LogP contribution in [0.25, 0.3) is 10.8 Å². The highest BCUT2D eigenvalue weighted by Crippen LogP contribution is 2.40. The summed E-state index contributed by atoms with van der Waals surface area (Å²) in [5.74, 6) is 1.76. The first-order valence-electron chi connectivity index (χ1n) is 13.6. The minimum Gasteiger partial charge on any atom is -0.497 e. The van der Waals surface area contributed by atoms with E-state index in [1.807, 2.05) is 36.4 Å². The maximum Gasteiger partial charge on any atom is 0.119 e. The predicted molar refractivity (Wildman–Crippen MR) is 162 cm³/mol. The molecule has 0 fully saturated rings. The molecule has 0 aliphatic rings. The molecule has 38 heavy (non-hydrogen) atoms. The minimum atomic E-state index is -1.36. The molecule has 200 valence electrons. The topological polar surface area (TPSA) is 38.3 Å². The van der Waals surface area contributed by atoms with Crippen molar-refractivity contribution in [2.24, 2.45) is 0 Å². The lowest BCUT2D eigenvalue weighted by Crippen LogP contribution is -2.14. The van der Waals surface area contributed by atoms with Gasteiger partial charge in [0.2, 0.25) is 0 Å². The zero-order valence-electron chi connectivity index (χ0n) is 24.0. The molecule has 0 saturated heterocycles. The van der Waals surface area contributed by atoms with Crippen LogP contribution in [0.1, 0.15) is 94.5 Å². The Morgan fingerprint density at radius 1 is 0.684 bits per heavy atom. The maximum atomic E-state index is 14.9. The van der Waals surface area contributed by atoms with Crippen LogP contribution in [0.2, 0.25) is 0 Å². The van der Waals surface area contributed by atoms with Gasteiger partial charge in [0, 0.05) is 11.7 Å². The van der Waals surface area contributed by atoms with Crippen molar-refractivity contribution in [2.45, 2.75) is 82.1 Å². The van der Waals surface area contributed by atoms with E-state index in [2.05, 4.69) is 90.2 Å². The molecule has 0 aliphatic heterocycles. The van der Waals surface area contributed by atoms with Gasteiger partial charge in [0.1, 0.15) is 5.75 Å². The van der Waals surface area contributed by atoms with Gasteiger partial charge < -0.3 is 10.1 Å². The molecule has 0 amide bonds. The second-order valence-corrected chi connectivity index (χ2v) is 12.4. The fourth-order valence-corrected chi connectivity index (χ4v) is 7.09. The van der Waals surface area contributed by atoms with Crippen LogP contribution < -0.4 is 10.1 Å². The Morgan fingerprint density at radius 3 is 1.84 bits per heavy atom. The van der Waals surface area contributed by atoms with Gasteiger partial charge in [0.15, 0.2) is 0 Å². The predicted octanol–water partition coefficient (Wildman–Crippen LogP) is 9.56. The maximum absolute atomic E-state index is 14.9. The molecule has 0 spiro atoms. The summed E-state index contributed by atoms with van der Waals surface area (Å²) < 4.78 is 20.2. The zero-order valence-corrected chi connectivity index (χ0v) is 24.8. The standard InChI is InChI=1S/C34H41NO2S/c1-21(2)26-19-31(22(3)4)34(32(20-26)23(5)6)38(36)33-29(18-13-25-11-9-10-12-30(25)33)24(7)35-27-14-16-28(37-8)17-15-27/h9-24,35H,1-8H3/t24-,38?/m0/s1. The van der Waals surface area contributed by atoms with Crippen molar-refractivity contribution in [1.29, 1.82) is 0 Å². The molecule has 0 saturated carbocycles. The number of rotatable bonds is 9. The molecule has 0 heterocycles. The van der Waals surface area contributed by atoms with E-state index < -0.39 is 10.8 Å². The van der Waals surface area contributed by atoms with Gasteiger partial charge in [-0.2, -0.15) is 0 Å². The quantitative estimate of drug-likeness (QED) is 0.235. The van der Waals surface area contributed by atoms with Crippen molar-refractivity contribution < 1.29 is 8.95 Å². The van der Waals surface area contributed by atoms with Gasteiger partial charge in [-0.05, 0) is 82.0 Å². The molecule has 4 aromatic rings. The summed E-state index contributed by atoms with van der Waals surface area (Å²) >= 11 is 0. The van der Waals surface area contributed by atoms with Gasteiger partial charge in [-0.15, -0.1) is 0 Å². The SMILES string of the molecule is COc1ccc(N[C@@H](C)c2ccc3ccccc3c2S(=O)c2c(C(C)C)cc(C(C)C)cc2C(C)C)cc1. The van der Waals surface area contributed by atoms with Crippen molar-refractivity contribution >= 4 is 27.3 Å². The molecule has 4 rings (SSSR count). The van der Waals surface area contributed by atoms with Crippen molar-refractivity contribution in [3.05, 3.63) is 95.1 Å². The molecule has 2 atom stereocenters. The van der Waals surface area contributed by atoms with Crippen molar-refractivity contribution in [3.8, 4) is 5.75 Å². The molecule has 1 unspecified atom stereocenters. The van der Waals surface area contributed by atoms with E-state index in [-0.39, 0.29) is 17.9 Å². The third-order valence-corrected chi connectivity index (χ3v) is 8.97. The van der Waals surface area contributed by atoms with Crippen LogP contribution in [0.5, 0.6) is 5.75 Å². The second-order valence-electron chi connectivity index (χ2n) is 11.1. The van der Waals surface area contributed by atoms with Gasteiger partial charge >= 0.3 is 0 Å². The monoisotopic (exact) mass is 527 g/mol. The van der Waals surface area contributed by atoms with E-state index in [0.717, 1.165) is 37.6 Å². The van der Waals surface area contributed by atoms with Crippen molar-refractivity contribution in [1.82, 2.24) is 0 Å². The summed E-state index contributed by atoms with van der Waals surface area (Å²) in [5, 5.41) is 5.78. The average Bonchev–Trinajstić information content (AvgIpc) is 2.91. The first kappa shape index (κ1) is 27.9. The normalized spacial score (nSPS) is 13.3. The van der Waals surface area contributed by atoms with Crippen molar-refractivity contribution in [2.75, 3.05) is 12.4 Å². The Hall–Kier alpha value is -3.11. The number of hydrogen-bond acceptors (Lipinski definition) is 3. The van der Waals surface area contributed by atoms with E-state index in [9.17, 15) is 4.21 Å². The number of fused-ring (bicyclic) bond motifs is 1. The number of methoxy groups -OCH3 is 1. The van der Waals surface area contributed by atoms with Gasteiger partial charge in [-0.1, -0.05) is 90.1 Å². The van der Waals surface area contributed by atoms with E-state index in [1.54, 1.807) is 7.11 Å². The van der Waals surface area contributed by atoms with Crippen LogP contribution in [0.4, 0.5) is 5.69 Å². The highest BCUT2D eigenvalue weighted by atomic mass is 32.2. The molecule has 4 heteroatoms. The van der Waals surface area contributed by atoms with Crippen LogP contribution in [0.3, 0.4) is 0 Å². The Labute approximate surface area is 231 Å². The highest BCUT2D eigenvalue weighted by molar-refractivity contribution is 7.85. The Balaban J connectivity index is 1.92. The lowest BCUT2D eigenvalue weighted by molar-refractivity contribution is 0.415. The van der Waals surface area contributed by atoms with Gasteiger partial charge in [0.25, 0.3) is 0 Å². The van der Waals surface area contributed by atoms with Crippen LogP contribution in [-0.2, 0) is 10.8 Å². The third kappa shape index (κ3) is 5.66. The number of nitrogens with one attached hydrogen (secondary N) is 1. The van der Waals surface area contributed by atoms with Crippen LogP contribution >= 0.6 is 0 Å². The van der Waals surface area contributed by atoms with Gasteiger partial charge in [-0.3, -0.25) is 0 Å². The van der Waals surface area contributed by atoms with E-state index in [1.165, 1.54) is 16.7 Å². The van der Waals surface area contributed by atoms with Gasteiger partial charge in [-0.25, -0.2) is 4.21 Å². The molecule has 1 N–H and O–H groups in total. The summed E-state index contributed by atoms with van der Waals surface area (Å²) in [6, 6.07) is 25.1. The van der Waals surface area contributed by atoms with E-state index >= 15 is 0 Å². The first-order valence-corrected chi connectivity index (χ1v) is 14.8. The van der Waals surface area contributed by atoms with Crippen molar-refractivity contribution in [3.63, 3.8) is 0 Å². The second kappa shape index (κ2) is 11.7. The highest BCUT2D eigenvalue weighted by Gasteiger charge is 2.26. The third-order valence-electron chi connectivity index (χ3n) is 7.30. The number of hydrogen-bond donors (Lipinski definition) is 1. The van der Waals surface area contributed by atoms with Crippen LogP contribution in [-0.4, -0.2) is 11.3 Å². The first-order chi connectivity index (χ1) is 18.1. The van der Waals surface area contributed by atoms with Crippen LogP contribution in [0.15, 0.2) is 82.6 Å². The zero-order chi connectivity index (χ0) is 27.6. The number of ether oxygens (including phenoxy) is 1.